The molecule has 0 aliphatic carbocycles. The fraction of sp³-hybridized carbons (Fsp3) is 0.300. The zero-order valence-corrected chi connectivity index (χ0v) is 15.7. The number of hydrogen-bond acceptors (Lipinski definition) is 3. The van der Waals surface area contributed by atoms with Crippen LogP contribution in [0, 0.1) is 5.92 Å². The quantitative estimate of drug-likeness (QED) is 0.597. The highest BCUT2D eigenvalue weighted by Gasteiger charge is 2.24. The molecule has 0 bridgehead atoms. The summed E-state index contributed by atoms with van der Waals surface area (Å²) in [6.45, 7) is 4.38. The van der Waals surface area contributed by atoms with Crippen LogP contribution in [-0.2, 0) is 11.2 Å². The summed E-state index contributed by atoms with van der Waals surface area (Å²) >= 11 is 1.37. The third-order valence-electron chi connectivity index (χ3n) is 4.35. The molecule has 136 valence electrons. The van der Waals surface area contributed by atoms with Crippen molar-refractivity contribution < 1.29 is 9.59 Å². The van der Waals surface area contributed by atoms with Gasteiger partial charge in [0.25, 0.3) is 5.91 Å². The molecule has 2 amide bonds. The number of aromatic amines is 1. The monoisotopic (exact) mass is 369 g/mol. The van der Waals surface area contributed by atoms with Crippen LogP contribution in [0.15, 0.2) is 48.0 Å². The molecule has 2 aromatic heterocycles. The molecule has 5 nitrogen and oxygen atoms in total. The van der Waals surface area contributed by atoms with Crippen molar-refractivity contribution in [2.45, 2.75) is 26.3 Å². The molecule has 3 N–H and O–H groups in total. The number of fused-ring (bicyclic) bond motifs is 1. The molecule has 0 saturated carbocycles. The van der Waals surface area contributed by atoms with Gasteiger partial charge in [0.15, 0.2) is 0 Å². The number of carbonyl (C=O) groups is 2. The Morgan fingerprint density at radius 3 is 2.69 bits per heavy atom. The third-order valence-corrected chi connectivity index (χ3v) is 5.22. The first kappa shape index (κ1) is 18.2. The smallest absolute Gasteiger partial charge is 0.262 e. The minimum absolute atomic E-state index is 0.00648. The van der Waals surface area contributed by atoms with E-state index in [-0.39, 0.29) is 17.7 Å². The Balaban J connectivity index is 1.57. The standard InChI is InChI=1S/C20H23N3O2S/c1-13(2)18(23-19(24)17-8-5-11-26-17)20(25)21-10-9-14-12-22-16-7-4-3-6-15(14)16/h3-8,11-13,18,22H,9-10H2,1-2H3,(H,21,25)(H,23,24). The molecular weight excluding hydrogens is 346 g/mol. The maximum atomic E-state index is 12.6. The third kappa shape index (κ3) is 4.14. The van der Waals surface area contributed by atoms with E-state index in [2.05, 4.69) is 21.7 Å². The van der Waals surface area contributed by atoms with Crippen LogP contribution in [0.25, 0.3) is 10.9 Å². The van der Waals surface area contributed by atoms with Crippen LogP contribution in [0.5, 0.6) is 0 Å². The van der Waals surface area contributed by atoms with Crippen LogP contribution in [0.2, 0.25) is 0 Å². The Kier molecular flexibility index (Phi) is 5.73. The molecule has 1 atom stereocenters. The predicted molar refractivity (Wildman–Crippen MR) is 105 cm³/mol. The number of rotatable bonds is 7. The van der Waals surface area contributed by atoms with Crippen LogP contribution in [0.3, 0.4) is 0 Å². The lowest BCUT2D eigenvalue weighted by Gasteiger charge is -2.21. The topological polar surface area (TPSA) is 74.0 Å². The highest BCUT2D eigenvalue weighted by atomic mass is 32.1. The van der Waals surface area contributed by atoms with Crippen molar-refractivity contribution in [2.24, 2.45) is 5.92 Å². The second-order valence-corrected chi connectivity index (χ2v) is 7.52. The van der Waals surface area contributed by atoms with Crippen LogP contribution in [0.4, 0.5) is 0 Å². The van der Waals surface area contributed by atoms with E-state index in [1.54, 1.807) is 6.07 Å². The summed E-state index contributed by atoms with van der Waals surface area (Å²) in [6.07, 6.45) is 2.72. The first-order chi connectivity index (χ1) is 12.6. The molecular formula is C20H23N3O2S. The highest BCUT2D eigenvalue weighted by Crippen LogP contribution is 2.17. The van der Waals surface area contributed by atoms with Gasteiger partial charge < -0.3 is 15.6 Å². The van der Waals surface area contributed by atoms with Crippen LogP contribution >= 0.6 is 11.3 Å². The Hall–Kier alpha value is -2.60. The summed E-state index contributed by atoms with van der Waals surface area (Å²) in [5, 5.41) is 8.82. The number of para-hydroxylation sites is 1. The van der Waals surface area contributed by atoms with Gasteiger partial charge in [0.05, 0.1) is 4.88 Å². The van der Waals surface area contributed by atoms with Gasteiger partial charge in [-0.15, -0.1) is 11.3 Å². The van der Waals surface area contributed by atoms with E-state index >= 15 is 0 Å². The van der Waals surface area contributed by atoms with Gasteiger partial charge in [-0.25, -0.2) is 0 Å². The van der Waals surface area contributed by atoms with Crippen molar-refractivity contribution in [3.8, 4) is 0 Å². The molecule has 6 heteroatoms. The zero-order chi connectivity index (χ0) is 18.5. The zero-order valence-electron chi connectivity index (χ0n) is 14.9. The molecule has 0 aliphatic rings. The Morgan fingerprint density at radius 1 is 1.15 bits per heavy atom. The predicted octanol–water partition coefficient (Wildman–Crippen LogP) is 3.34. The van der Waals surface area contributed by atoms with E-state index in [1.807, 2.05) is 49.7 Å². The lowest BCUT2D eigenvalue weighted by Crippen LogP contribution is -2.49. The number of amides is 2. The van der Waals surface area contributed by atoms with E-state index in [0.29, 0.717) is 11.4 Å². The van der Waals surface area contributed by atoms with Crippen molar-refractivity contribution in [2.75, 3.05) is 6.54 Å². The molecule has 0 spiro atoms. The number of nitrogens with one attached hydrogen (secondary N) is 3. The molecule has 1 unspecified atom stereocenters. The molecule has 3 aromatic rings. The first-order valence-electron chi connectivity index (χ1n) is 8.73. The number of aromatic nitrogens is 1. The summed E-state index contributed by atoms with van der Waals surface area (Å²) in [4.78, 5) is 28.7. The van der Waals surface area contributed by atoms with Gasteiger partial charge >= 0.3 is 0 Å². The van der Waals surface area contributed by atoms with Gasteiger partial charge in [-0.2, -0.15) is 0 Å². The number of thiophene rings is 1. The van der Waals surface area contributed by atoms with Gasteiger partial charge in [0.2, 0.25) is 5.91 Å². The second-order valence-electron chi connectivity index (χ2n) is 6.57. The van der Waals surface area contributed by atoms with Crippen molar-refractivity contribution >= 4 is 34.1 Å². The molecule has 1 aromatic carbocycles. The molecule has 0 aliphatic heterocycles. The van der Waals surface area contributed by atoms with Crippen molar-refractivity contribution in [3.63, 3.8) is 0 Å². The summed E-state index contributed by atoms with van der Waals surface area (Å²) in [6, 6.07) is 11.1. The number of carbonyl (C=O) groups excluding carboxylic acids is 2. The molecule has 0 fully saturated rings. The van der Waals surface area contributed by atoms with Crippen molar-refractivity contribution in [3.05, 3.63) is 58.4 Å². The number of benzene rings is 1. The lowest BCUT2D eigenvalue weighted by molar-refractivity contribution is -0.123. The van der Waals surface area contributed by atoms with E-state index in [9.17, 15) is 9.59 Å². The summed E-state index contributed by atoms with van der Waals surface area (Å²) in [5.41, 5.74) is 2.27. The van der Waals surface area contributed by atoms with Gasteiger partial charge in [0.1, 0.15) is 6.04 Å². The summed E-state index contributed by atoms with van der Waals surface area (Å²) < 4.78 is 0. The molecule has 0 radical (unpaired) electrons. The van der Waals surface area contributed by atoms with E-state index < -0.39 is 6.04 Å². The average molecular weight is 369 g/mol. The van der Waals surface area contributed by atoms with E-state index in [1.165, 1.54) is 22.3 Å². The molecule has 0 saturated heterocycles. The summed E-state index contributed by atoms with van der Waals surface area (Å²) in [7, 11) is 0. The molecule has 2 heterocycles. The Morgan fingerprint density at radius 2 is 1.96 bits per heavy atom. The maximum Gasteiger partial charge on any atom is 0.262 e. The Labute approximate surface area is 156 Å². The maximum absolute atomic E-state index is 12.6. The number of hydrogen-bond donors (Lipinski definition) is 3. The van der Waals surface area contributed by atoms with Crippen molar-refractivity contribution in [1.29, 1.82) is 0 Å². The minimum Gasteiger partial charge on any atom is -0.361 e. The van der Waals surface area contributed by atoms with Crippen LogP contribution in [-0.4, -0.2) is 29.4 Å². The first-order valence-corrected chi connectivity index (χ1v) is 9.61. The van der Waals surface area contributed by atoms with E-state index in [0.717, 1.165) is 11.9 Å². The van der Waals surface area contributed by atoms with Gasteiger partial charge in [-0.3, -0.25) is 9.59 Å². The Bertz CT molecular complexity index is 883. The normalized spacial score (nSPS) is 12.3. The fourth-order valence-electron chi connectivity index (χ4n) is 2.92. The van der Waals surface area contributed by atoms with Crippen molar-refractivity contribution in [1.82, 2.24) is 15.6 Å². The minimum atomic E-state index is -0.549. The van der Waals surface area contributed by atoms with E-state index in [4.69, 9.17) is 0 Å². The fourth-order valence-corrected chi connectivity index (χ4v) is 3.55. The lowest BCUT2D eigenvalue weighted by atomic mass is 10.0. The second kappa shape index (κ2) is 8.19. The average Bonchev–Trinajstić information content (AvgIpc) is 3.29. The van der Waals surface area contributed by atoms with Crippen LogP contribution < -0.4 is 10.6 Å². The van der Waals surface area contributed by atoms with Gasteiger partial charge in [0, 0.05) is 23.6 Å². The number of H-pyrrole nitrogens is 1. The highest BCUT2D eigenvalue weighted by molar-refractivity contribution is 7.12. The largest absolute Gasteiger partial charge is 0.361 e. The van der Waals surface area contributed by atoms with Crippen LogP contribution in [0.1, 0.15) is 29.1 Å². The van der Waals surface area contributed by atoms with Gasteiger partial charge in [-0.05, 0) is 35.4 Å². The molecule has 3 rings (SSSR count). The SMILES string of the molecule is CC(C)C(NC(=O)c1cccs1)C(=O)NCCc1c[nH]c2ccccc12. The van der Waals surface area contributed by atoms with Gasteiger partial charge in [-0.1, -0.05) is 38.1 Å². The molecule has 26 heavy (non-hydrogen) atoms. The summed E-state index contributed by atoms with van der Waals surface area (Å²) in [5.74, 6) is -0.345.